The molecular weight excluding hydrogens is 254 g/mol. The summed E-state index contributed by atoms with van der Waals surface area (Å²) in [5.74, 6) is -1.14. The molecule has 0 bridgehead atoms. The molecule has 18 heavy (non-hydrogen) atoms. The van der Waals surface area contributed by atoms with E-state index in [9.17, 15) is 4.79 Å². The van der Waals surface area contributed by atoms with E-state index < -0.39 is 5.97 Å². The van der Waals surface area contributed by atoms with E-state index in [1.165, 1.54) is 6.07 Å². The number of nitrogens with one attached hydrogen (secondary N) is 1. The fourth-order valence-corrected chi connectivity index (χ4v) is 1.60. The Balaban J connectivity index is 2.18. The average molecular weight is 264 g/mol. The summed E-state index contributed by atoms with van der Waals surface area (Å²) >= 11 is 5.70. The largest absolute Gasteiger partial charge is 0.476 e. The summed E-state index contributed by atoms with van der Waals surface area (Å²) in [6.45, 7) is 0.489. The van der Waals surface area contributed by atoms with Crippen molar-refractivity contribution in [3.63, 3.8) is 0 Å². The smallest absolute Gasteiger partial charge is 0.358 e. The number of carbonyl (C=O) groups is 1. The molecule has 1 heterocycles. The normalized spacial score (nSPS) is 10.1. The first-order valence-corrected chi connectivity index (χ1v) is 5.59. The number of halogens is 1. The van der Waals surface area contributed by atoms with Gasteiger partial charge >= 0.3 is 5.97 Å². The summed E-state index contributed by atoms with van der Waals surface area (Å²) in [5, 5.41) is 19.2. The third-order valence-corrected chi connectivity index (χ3v) is 2.48. The van der Waals surface area contributed by atoms with Crippen molar-refractivity contribution in [2.24, 2.45) is 0 Å². The summed E-state index contributed by atoms with van der Waals surface area (Å²) in [6, 6.07) is 11.0. The molecule has 0 radical (unpaired) electrons. The molecule has 0 aliphatic carbocycles. The number of carboxylic acid groups (broad SMARTS) is 1. The van der Waals surface area contributed by atoms with Gasteiger partial charge in [0.25, 0.3) is 0 Å². The van der Waals surface area contributed by atoms with Crippen LogP contribution in [0.25, 0.3) is 0 Å². The number of nitrogens with zero attached hydrogens (tertiary/aromatic N) is 2. The van der Waals surface area contributed by atoms with E-state index >= 15 is 0 Å². The molecule has 0 spiro atoms. The van der Waals surface area contributed by atoms with Gasteiger partial charge in [-0.1, -0.05) is 41.9 Å². The Kier molecular flexibility index (Phi) is 3.74. The van der Waals surface area contributed by atoms with Gasteiger partial charge in [-0.3, -0.25) is 0 Å². The van der Waals surface area contributed by atoms with E-state index in [1.807, 2.05) is 30.3 Å². The van der Waals surface area contributed by atoms with E-state index in [-0.39, 0.29) is 10.8 Å². The maximum absolute atomic E-state index is 11.0. The number of hydrogen-bond donors (Lipinski definition) is 2. The van der Waals surface area contributed by atoms with Crippen LogP contribution in [-0.4, -0.2) is 21.3 Å². The minimum atomic E-state index is -1.14. The van der Waals surface area contributed by atoms with Crippen LogP contribution in [-0.2, 0) is 6.54 Å². The first-order valence-electron chi connectivity index (χ1n) is 5.21. The van der Waals surface area contributed by atoms with E-state index in [4.69, 9.17) is 16.7 Å². The van der Waals surface area contributed by atoms with Crippen LogP contribution in [0.1, 0.15) is 16.1 Å². The van der Waals surface area contributed by atoms with Crippen LogP contribution >= 0.6 is 11.6 Å². The number of aromatic carboxylic acids is 1. The lowest BCUT2D eigenvalue weighted by Gasteiger charge is -2.08. The van der Waals surface area contributed by atoms with Crippen molar-refractivity contribution in [1.29, 1.82) is 0 Å². The highest BCUT2D eigenvalue weighted by atomic mass is 35.5. The maximum Gasteiger partial charge on any atom is 0.358 e. The van der Waals surface area contributed by atoms with Crippen molar-refractivity contribution in [3.05, 3.63) is 52.8 Å². The Morgan fingerprint density at radius 1 is 1.28 bits per heavy atom. The number of aromatic nitrogens is 2. The molecule has 1 aromatic heterocycles. The Hall–Kier alpha value is -2.14. The fourth-order valence-electron chi connectivity index (χ4n) is 1.45. The molecule has 2 N–H and O–H groups in total. The van der Waals surface area contributed by atoms with Gasteiger partial charge in [0.2, 0.25) is 0 Å². The first-order chi connectivity index (χ1) is 8.66. The summed E-state index contributed by atoms with van der Waals surface area (Å²) in [6.07, 6.45) is 0. The van der Waals surface area contributed by atoms with Gasteiger partial charge in [0, 0.05) is 12.6 Å². The molecule has 2 aromatic rings. The quantitative estimate of drug-likeness (QED) is 0.886. The molecule has 1 aromatic carbocycles. The van der Waals surface area contributed by atoms with Gasteiger partial charge in [-0.15, -0.1) is 10.2 Å². The molecule has 5 nitrogen and oxygen atoms in total. The van der Waals surface area contributed by atoms with Crippen molar-refractivity contribution < 1.29 is 9.90 Å². The van der Waals surface area contributed by atoms with Crippen LogP contribution in [0.4, 0.5) is 5.69 Å². The third kappa shape index (κ3) is 2.95. The molecule has 0 atom stereocenters. The molecular formula is C12H10ClN3O2. The van der Waals surface area contributed by atoms with Gasteiger partial charge in [-0.25, -0.2) is 4.79 Å². The molecule has 2 rings (SSSR count). The Morgan fingerprint density at radius 2 is 2.00 bits per heavy atom. The highest BCUT2D eigenvalue weighted by Crippen LogP contribution is 2.17. The standard InChI is InChI=1S/C12H10ClN3O2/c13-10-6-9(11(12(17)18)16-15-10)14-7-8-4-2-1-3-5-8/h1-6H,7H2,(H,14,15)(H,17,18). The second-order valence-electron chi connectivity index (χ2n) is 3.57. The van der Waals surface area contributed by atoms with Crippen molar-refractivity contribution in [1.82, 2.24) is 10.2 Å². The Bertz CT molecular complexity index is 561. The lowest BCUT2D eigenvalue weighted by molar-refractivity contribution is 0.0690. The van der Waals surface area contributed by atoms with E-state index in [0.29, 0.717) is 12.2 Å². The summed E-state index contributed by atoms with van der Waals surface area (Å²) in [7, 11) is 0. The summed E-state index contributed by atoms with van der Waals surface area (Å²) in [4.78, 5) is 11.0. The van der Waals surface area contributed by atoms with E-state index in [0.717, 1.165) is 5.56 Å². The minimum absolute atomic E-state index is 0.143. The van der Waals surface area contributed by atoms with Gasteiger partial charge in [0.1, 0.15) is 0 Å². The number of hydrogen-bond acceptors (Lipinski definition) is 4. The number of anilines is 1. The van der Waals surface area contributed by atoms with Gasteiger partial charge in [-0.05, 0) is 5.56 Å². The minimum Gasteiger partial charge on any atom is -0.476 e. The first kappa shape index (κ1) is 12.3. The van der Waals surface area contributed by atoms with Crippen molar-refractivity contribution >= 4 is 23.3 Å². The highest BCUT2D eigenvalue weighted by Gasteiger charge is 2.13. The molecule has 0 amide bonds. The zero-order chi connectivity index (χ0) is 13.0. The maximum atomic E-state index is 11.0. The predicted octanol–water partition coefficient (Wildman–Crippen LogP) is 2.44. The highest BCUT2D eigenvalue weighted by molar-refractivity contribution is 6.29. The SMILES string of the molecule is O=C(O)c1nnc(Cl)cc1NCc1ccccc1. The molecule has 0 aliphatic heterocycles. The monoisotopic (exact) mass is 263 g/mol. The van der Waals surface area contributed by atoms with Crippen molar-refractivity contribution in [3.8, 4) is 0 Å². The van der Waals surface area contributed by atoms with Gasteiger partial charge in [0.05, 0.1) is 5.69 Å². The van der Waals surface area contributed by atoms with Crippen LogP contribution in [0.2, 0.25) is 5.15 Å². The Morgan fingerprint density at radius 3 is 2.67 bits per heavy atom. The molecule has 0 saturated heterocycles. The molecule has 6 heteroatoms. The lowest BCUT2D eigenvalue weighted by atomic mass is 10.2. The number of rotatable bonds is 4. The molecule has 92 valence electrons. The summed E-state index contributed by atoms with van der Waals surface area (Å²) < 4.78 is 0. The second-order valence-corrected chi connectivity index (χ2v) is 3.96. The molecule has 0 aliphatic rings. The Labute approximate surface area is 108 Å². The van der Waals surface area contributed by atoms with Gasteiger partial charge in [-0.2, -0.15) is 0 Å². The number of benzene rings is 1. The molecule has 0 saturated carbocycles. The third-order valence-electron chi connectivity index (χ3n) is 2.29. The molecule has 0 fully saturated rings. The average Bonchev–Trinajstić information content (AvgIpc) is 2.37. The van der Waals surface area contributed by atoms with Crippen molar-refractivity contribution in [2.75, 3.05) is 5.32 Å². The van der Waals surface area contributed by atoms with Crippen LogP contribution in [0, 0.1) is 0 Å². The van der Waals surface area contributed by atoms with Gasteiger partial charge < -0.3 is 10.4 Å². The van der Waals surface area contributed by atoms with E-state index in [2.05, 4.69) is 15.5 Å². The van der Waals surface area contributed by atoms with Crippen molar-refractivity contribution in [2.45, 2.75) is 6.54 Å². The van der Waals surface area contributed by atoms with E-state index in [1.54, 1.807) is 0 Å². The van der Waals surface area contributed by atoms with Crippen LogP contribution < -0.4 is 5.32 Å². The topological polar surface area (TPSA) is 75.1 Å². The summed E-state index contributed by atoms with van der Waals surface area (Å²) in [5.41, 5.74) is 1.24. The van der Waals surface area contributed by atoms with Crippen LogP contribution in [0.5, 0.6) is 0 Å². The fraction of sp³-hybridized carbons (Fsp3) is 0.0833. The lowest BCUT2D eigenvalue weighted by Crippen LogP contribution is -2.09. The molecule has 0 unspecified atom stereocenters. The van der Waals surface area contributed by atoms with Crippen LogP contribution in [0.3, 0.4) is 0 Å². The zero-order valence-corrected chi connectivity index (χ0v) is 10.1. The predicted molar refractivity (Wildman–Crippen MR) is 67.8 cm³/mol. The van der Waals surface area contributed by atoms with Crippen LogP contribution in [0.15, 0.2) is 36.4 Å². The number of carboxylic acids is 1. The zero-order valence-electron chi connectivity index (χ0n) is 9.30. The van der Waals surface area contributed by atoms with Gasteiger partial charge in [0.15, 0.2) is 10.8 Å². The second kappa shape index (κ2) is 5.46.